The van der Waals surface area contributed by atoms with E-state index in [2.05, 4.69) is 10.2 Å². The number of amides is 1. The van der Waals surface area contributed by atoms with Crippen molar-refractivity contribution in [3.63, 3.8) is 0 Å². The van der Waals surface area contributed by atoms with Crippen molar-refractivity contribution in [2.75, 3.05) is 37.0 Å². The van der Waals surface area contributed by atoms with Crippen molar-refractivity contribution in [1.29, 1.82) is 0 Å². The van der Waals surface area contributed by atoms with Crippen molar-refractivity contribution < 1.29 is 9.90 Å². The van der Waals surface area contributed by atoms with E-state index in [4.69, 9.17) is 5.73 Å². The fourth-order valence-electron chi connectivity index (χ4n) is 2.50. The number of hydrogen-bond acceptors (Lipinski definition) is 6. The Kier molecular flexibility index (Phi) is 4.51. The molecule has 1 saturated heterocycles. The summed E-state index contributed by atoms with van der Waals surface area (Å²) in [5, 5.41) is 13.9. The minimum absolute atomic E-state index is 0.155. The van der Waals surface area contributed by atoms with E-state index < -0.39 is 5.60 Å². The normalized spacial score (nSPS) is 22.9. The van der Waals surface area contributed by atoms with E-state index in [0.717, 1.165) is 29.3 Å². The van der Waals surface area contributed by atoms with Crippen LogP contribution in [0.25, 0.3) is 0 Å². The maximum absolute atomic E-state index is 11.9. The van der Waals surface area contributed by atoms with Crippen molar-refractivity contribution >= 4 is 39.7 Å². The molecular weight excluding hydrogens is 294 g/mol. The molecule has 0 aromatic carbocycles. The molecule has 0 spiro atoms. The van der Waals surface area contributed by atoms with Gasteiger partial charge in [-0.05, 0) is 26.0 Å². The molecular formula is C13H21N3O2S2. The van der Waals surface area contributed by atoms with Crippen molar-refractivity contribution in [2.45, 2.75) is 30.3 Å². The summed E-state index contributed by atoms with van der Waals surface area (Å²) in [6.45, 7) is 3.32. The quantitative estimate of drug-likeness (QED) is 0.741. The highest BCUT2D eigenvalue weighted by atomic mass is 32.2. The van der Waals surface area contributed by atoms with Crippen molar-refractivity contribution in [3.05, 3.63) is 4.88 Å². The molecule has 1 aromatic heterocycles. The van der Waals surface area contributed by atoms with E-state index in [1.165, 1.54) is 11.3 Å². The Morgan fingerprint density at radius 2 is 2.30 bits per heavy atom. The fraction of sp³-hybridized carbons (Fsp3) is 0.615. The number of thioether (sulfide) groups is 1. The summed E-state index contributed by atoms with van der Waals surface area (Å²) >= 11 is 2.95. The highest BCUT2D eigenvalue weighted by Crippen LogP contribution is 2.45. The first-order valence-electron chi connectivity index (χ1n) is 6.55. The van der Waals surface area contributed by atoms with Crippen LogP contribution in [-0.2, 0) is 0 Å². The predicted octanol–water partition coefficient (Wildman–Crippen LogP) is 1.76. The topological polar surface area (TPSA) is 78.6 Å². The minimum Gasteiger partial charge on any atom is -0.396 e. The lowest BCUT2D eigenvalue weighted by molar-refractivity contribution is 0.0450. The first-order chi connectivity index (χ1) is 9.39. The number of aliphatic hydroxyl groups is 1. The molecule has 1 unspecified atom stereocenters. The van der Waals surface area contributed by atoms with E-state index in [1.807, 2.05) is 13.2 Å². The number of thiophene rings is 1. The number of anilines is 2. The van der Waals surface area contributed by atoms with Crippen LogP contribution in [0.5, 0.6) is 0 Å². The van der Waals surface area contributed by atoms with Gasteiger partial charge in [0.2, 0.25) is 0 Å². The molecule has 1 amide bonds. The fourth-order valence-corrected chi connectivity index (χ4v) is 4.65. The number of carbonyl (C=O) groups excluding carboxylic acids is 1. The minimum atomic E-state index is -0.681. The van der Waals surface area contributed by atoms with Crippen molar-refractivity contribution in [2.24, 2.45) is 0 Å². The molecule has 2 rings (SSSR count). The maximum atomic E-state index is 11.9. The molecule has 0 radical (unpaired) electrons. The summed E-state index contributed by atoms with van der Waals surface area (Å²) in [5.41, 5.74) is 5.97. The summed E-state index contributed by atoms with van der Waals surface area (Å²) in [4.78, 5) is 15.5. The molecule has 112 valence electrons. The summed E-state index contributed by atoms with van der Waals surface area (Å²) < 4.78 is 0. The molecule has 1 fully saturated rings. The van der Waals surface area contributed by atoms with E-state index in [9.17, 15) is 9.90 Å². The SMILES string of the molecule is CNC(=O)c1sc(N2CCCC(C)(O)C2)c(SC)c1N. The van der Waals surface area contributed by atoms with Crippen LogP contribution in [-0.4, -0.2) is 43.0 Å². The standard InChI is InChI=1S/C13H21N3O2S2/c1-13(18)5-4-6-16(7-13)12-10(19-3)8(14)9(20-12)11(17)15-2/h18H,4-7,14H2,1-3H3,(H,15,17). The van der Waals surface area contributed by atoms with E-state index in [-0.39, 0.29) is 5.91 Å². The Morgan fingerprint density at radius 1 is 1.60 bits per heavy atom. The van der Waals surface area contributed by atoms with Gasteiger partial charge in [-0.25, -0.2) is 0 Å². The van der Waals surface area contributed by atoms with Crippen LogP contribution >= 0.6 is 23.1 Å². The maximum Gasteiger partial charge on any atom is 0.263 e. The zero-order chi connectivity index (χ0) is 14.9. The lowest BCUT2D eigenvalue weighted by atomic mass is 9.95. The summed E-state index contributed by atoms with van der Waals surface area (Å²) in [5.74, 6) is -0.155. The third-order valence-corrected chi connectivity index (χ3v) is 5.70. The summed E-state index contributed by atoms with van der Waals surface area (Å²) in [7, 11) is 1.60. The molecule has 1 aliphatic rings. The number of nitrogens with zero attached hydrogens (tertiary/aromatic N) is 1. The van der Waals surface area contributed by atoms with Crippen LogP contribution in [0, 0.1) is 0 Å². The number of β-amino-alcohol motifs (C(OH)–C–C–N with tert-alkyl or cyclic N) is 1. The van der Waals surface area contributed by atoms with Gasteiger partial charge >= 0.3 is 0 Å². The summed E-state index contributed by atoms with van der Waals surface area (Å²) in [6, 6.07) is 0. The molecule has 20 heavy (non-hydrogen) atoms. The molecule has 1 atom stereocenters. The Labute approximate surface area is 127 Å². The van der Waals surface area contributed by atoms with Crippen LogP contribution in [0.15, 0.2) is 4.90 Å². The highest BCUT2D eigenvalue weighted by molar-refractivity contribution is 7.99. The second-order valence-electron chi connectivity index (χ2n) is 5.28. The molecule has 4 N–H and O–H groups in total. The van der Waals surface area contributed by atoms with E-state index in [1.54, 1.807) is 18.8 Å². The van der Waals surface area contributed by atoms with Gasteiger partial charge in [0.1, 0.15) is 9.88 Å². The van der Waals surface area contributed by atoms with Crippen LogP contribution in [0.4, 0.5) is 10.7 Å². The Balaban J connectivity index is 2.38. The van der Waals surface area contributed by atoms with Crippen LogP contribution < -0.4 is 16.0 Å². The van der Waals surface area contributed by atoms with Gasteiger partial charge in [0.15, 0.2) is 0 Å². The van der Waals surface area contributed by atoms with Crippen molar-refractivity contribution in [1.82, 2.24) is 5.32 Å². The van der Waals surface area contributed by atoms with Gasteiger partial charge in [-0.1, -0.05) is 0 Å². The van der Waals surface area contributed by atoms with Crippen molar-refractivity contribution in [3.8, 4) is 0 Å². The number of nitrogens with one attached hydrogen (secondary N) is 1. The smallest absolute Gasteiger partial charge is 0.263 e. The lowest BCUT2D eigenvalue weighted by Gasteiger charge is -2.37. The lowest BCUT2D eigenvalue weighted by Crippen LogP contribution is -2.46. The predicted molar refractivity (Wildman–Crippen MR) is 86.0 cm³/mol. The first-order valence-corrected chi connectivity index (χ1v) is 8.59. The number of piperidine rings is 1. The van der Waals surface area contributed by atoms with Gasteiger partial charge in [0.25, 0.3) is 5.91 Å². The van der Waals surface area contributed by atoms with E-state index in [0.29, 0.717) is 17.1 Å². The third kappa shape index (κ3) is 2.89. The Morgan fingerprint density at radius 3 is 2.85 bits per heavy atom. The second kappa shape index (κ2) is 5.83. The average molecular weight is 315 g/mol. The monoisotopic (exact) mass is 315 g/mol. The van der Waals surface area contributed by atoms with Crippen LogP contribution in [0.1, 0.15) is 29.4 Å². The first kappa shape index (κ1) is 15.5. The van der Waals surface area contributed by atoms with Crippen LogP contribution in [0.2, 0.25) is 0 Å². The number of nitrogen functional groups attached to an aromatic ring is 1. The van der Waals surface area contributed by atoms with Gasteiger partial charge in [-0.3, -0.25) is 4.79 Å². The molecule has 0 aliphatic carbocycles. The number of carbonyl (C=O) groups is 1. The number of nitrogens with two attached hydrogens (primary N) is 1. The molecule has 7 heteroatoms. The third-order valence-electron chi connectivity index (χ3n) is 3.48. The molecule has 1 aliphatic heterocycles. The summed E-state index contributed by atoms with van der Waals surface area (Å²) in [6.07, 6.45) is 3.70. The van der Waals surface area contributed by atoms with Crippen LogP contribution in [0.3, 0.4) is 0 Å². The second-order valence-corrected chi connectivity index (χ2v) is 7.10. The zero-order valence-electron chi connectivity index (χ0n) is 12.0. The average Bonchev–Trinajstić information content (AvgIpc) is 2.73. The van der Waals surface area contributed by atoms with Gasteiger partial charge in [0, 0.05) is 20.1 Å². The van der Waals surface area contributed by atoms with E-state index >= 15 is 0 Å². The largest absolute Gasteiger partial charge is 0.396 e. The molecule has 1 aromatic rings. The highest BCUT2D eigenvalue weighted by Gasteiger charge is 2.32. The molecule has 5 nitrogen and oxygen atoms in total. The Bertz CT molecular complexity index is 514. The van der Waals surface area contributed by atoms with Gasteiger partial charge in [-0.15, -0.1) is 23.1 Å². The number of hydrogen-bond donors (Lipinski definition) is 3. The molecule has 0 saturated carbocycles. The van der Waals surface area contributed by atoms with Gasteiger partial charge in [0.05, 0.1) is 16.2 Å². The zero-order valence-corrected chi connectivity index (χ0v) is 13.7. The number of rotatable bonds is 3. The Hall–Kier alpha value is -0.920. The molecule has 2 heterocycles. The molecule has 0 bridgehead atoms. The van der Waals surface area contributed by atoms with Gasteiger partial charge in [-0.2, -0.15) is 0 Å². The van der Waals surface area contributed by atoms with Gasteiger partial charge < -0.3 is 21.1 Å².